The van der Waals surface area contributed by atoms with Gasteiger partial charge in [0.15, 0.2) is 6.10 Å². The molecule has 172 valence electrons. The molecule has 31 heavy (non-hydrogen) atoms. The zero-order chi connectivity index (χ0) is 22.6. The monoisotopic (exact) mass is 452 g/mol. The molecular weight excluding hydrogens is 420 g/mol. The van der Waals surface area contributed by atoms with Crippen LogP contribution in [0.15, 0.2) is 23.1 Å². The van der Waals surface area contributed by atoms with Crippen molar-refractivity contribution < 1.29 is 27.5 Å². The Morgan fingerprint density at radius 2 is 1.87 bits per heavy atom. The second-order valence-electron chi connectivity index (χ2n) is 8.42. The summed E-state index contributed by atoms with van der Waals surface area (Å²) in [5, 5.41) is 2.98. The third-order valence-corrected chi connectivity index (χ3v) is 8.14. The maximum Gasteiger partial charge on any atom is 0.338 e. The number of sulfonamides is 1. The van der Waals surface area contributed by atoms with E-state index in [1.807, 2.05) is 0 Å². The number of amides is 1. The molecule has 8 nitrogen and oxygen atoms in total. The van der Waals surface area contributed by atoms with Gasteiger partial charge in [0, 0.05) is 19.1 Å². The SMILES string of the molecule is Cc1ccc(C(=O)O[C@@H](C)C(=O)N[C@H]2CCCC[C@@H]2C)cc1S(=O)(=O)N1CCOCC1. The van der Waals surface area contributed by atoms with Crippen molar-refractivity contribution in [1.29, 1.82) is 0 Å². The smallest absolute Gasteiger partial charge is 0.338 e. The van der Waals surface area contributed by atoms with E-state index in [0.717, 1.165) is 19.3 Å². The fourth-order valence-electron chi connectivity index (χ4n) is 4.04. The van der Waals surface area contributed by atoms with Crippen LogP contribution in [0.3, 0.4) is 0 Å². The van der Waals surface area contributed by atoms with Crippen LogP contribution >= 0.6 is 0 Å². The van der Waals surface area contributed by atoms with E-state index in [4.69, 9.17) is 9.47 Å². The fraction of sp³-hybridized carbons (Fsp3) is 0.636. The first-order chi connectivity index (χ1) is 14.7. The minimum absolute atomic E-state index is 0.0667. The number of esters is 1. The number of ether oxygens (including phenoxy) is 2. The normalized spacial score (nSPS) is 23.7. The molecule has 0 bridgehead atoms. The van der Waals surface area contributed by atoms with E-state index in [1.54, 1.807) is 13.0 Å². The Morgan fingerprint density at radius 3 is 2.55 bits per heavy atom. The number of benzene rings is 1. The number of morpholine rings is 1. The Balaban J connectivity index is 1.68. The van der Waals surface area contributed by atoms with Crippen molar-refractivity contribution in [3.8, 4) is 0 Å². The molecule has 2 aliphatic rings. The maximum atomic E-state index is 13.0. The molecule has 1 saturated carbocycles. The van der Waals surface area contributed by atoms with Gasteiger partial charge in [0.05, 0.1) is 23.7 Å². The van der Waals surface area contributed by atoms with E-state index >= 15 is 0 Å². The number of rotatable bonds is 6. The molecule has 1 N–H and O–H groups in total. The van der Waals surface area contributed by atoms with Gasteiger partial charge in [-0.05, 0) is 50.3 Å². The average Bonchev–Trinajstić information content (AvgIpc) is 2.76. The maximum absolute atomic E-state index is 13.0. The highest BCUT2D eigenvalue weighted by molar-refractivity contribution is 7.89. The Hall–Kier alpha value is -1.97. The Kier molecular flexibility index (Phi) is 7.72. The number of nitrogens with one attached hydrogen (secondary N) is 1. The quantitative estimate of drug-likeness (QED) is 0.665. The van der Waals surface area contributed by atoms with Crippen LogP contribution in [0.2, 0.25) is 0 Å². The minimum Gasteiger partial charge on any atom is -0.449 e. The molecule has 0 aromatic heterocycles. The highest BCUT2D eigenvalue weighted by Gasteiger charge is 2.30. The van der Waals surface area contributed by atoms with E-state index in [2.05, 4.69) is 12.2 Å². The molecule has 0 unspecified atom stereocenters. The second kappa shape index (κ2) is 10.1. The van der Waals surface area contributed by atoms with Crippen LogP contribution in [0.4, 0.5) is 0 Å². The number of aryl methyl sites for hydroxylation is 1. The molecule has 3 atom stereocenters. The van der Waals surface area contributed by atoms with Gasteiger partial charge in [-0.3, -0.25) is 4.79 Å². The number of nitrogens with zero attached hydrogens (tertiary/aromatic N) is 1. The third kappa shape index (κ3) is 5.64. The molecule has 9 heteroatoms. The predicted octanol–water partition coefficient (Wildman–Crippen LogP) is 2.26. The van der Waals surface area contributed by atoms with Crippen LogP contribution in [0.5, 0.6) is 0 Å². The lowest BCUT2D eigenvalue weighted by Crippen LogP contribution is -2.46. The molecule has 0 spiro atoms. The lowest BCUT2D eigenvalue weighted by molar-refractivity contribution is -0.130. The molecular formula is C22H32N2O6S. The standard InChI is InChI=1S/C22H32N2O6S/c1-15-6-4-5-7-19(15)23-21(25)17(3)30-22(26)18-9-8-16(2)20(14-18)31(27,28)24-10-12-29-13-11-24/h8-9,14-15,17,19H,4-7,10-13H2,1-3H3,(H,23,25)/t15-,17-,19-/m0/s1. The topological polar surface area (TPSA) is 102 Å². The van der Waals surface area contributed by atoms with Crippen LogP contribution in [-0.2, 0) is 24.3 Å². The minimum atomic E-state index is -3.75. The largest absolute Gasteiger partial charge is 0.449 e. The molecule has 1 aliphatic carbocycles. The first-order valence-electron chi connectivity index (χ1n) is 10.9. The molecule has 0 radical (unpaired) electrons. The first kappa shape index (κ1) is 23.7. The van der Waals surface area contributed by atoms with Gasteiger partial charge in [0.1, 0.15) is 0 Å². The third-order valence-electron chi connectivity index (χ3n) is 6.10. The molecule has 2 fully saturated rings. The van der Waals surface area contributed by atoms with Crippen LogP contribution in [0.1, 0.15) is 55.5 Å². The Morgan fingerprint density at radius 1 is 1.19 bits per heavy atom. The van der Waals surface area contributed by atoms with E-state index in [9.17, 15) is 18.0 Å². The molecule has 3 rings (SSSR count). The molecule has 1 amide bonds. The fourth-order valence-corrected chi connectivity index (χ4v) is 5.70. The highest BCUT2D eigenvalue weighted by atomic mass is 32.2. The summed E-state index contributed by atoms with van der Waals surface area (Å²) >= 11 is 0. The lowest BCUT2D eigenvalue weighted by Gasteiger charge is -2.30. The van der Waals surface area contributed by atoms with Crippen molar-refractivity contribution in [2.24, 2.45) is 5.92 Å². The average molecular weight is 453 g/mol. The van der Waals surface area contributed by atoms with Crippen LogP contribution < -0.4 is 5.32 Å². The molecule has 1 heterocycles. The van der Waals surface area contributed by atoms with E-state index in [-0.39, 0.29) is 35.5 Å². The Labute approximate surface area is 184 Å². The summed E-state index contributed by atoms with van der Waals surface area (Å²) in [4.78, 5) is 25.2. The van der Waals surface area contributed by atoms with E-state index < -0.39 is 22.1 Å². The van der Waals surface area contributed by atoms with Crippen LogP contribution in [0.25, 0.3) is 0 Å². The van der Waals surface area contributed by atoms with Crippen molar-refractivity contribution in [3.05, 3.63) is 29.3 Å². The summed E-state index contributed by atoms with van der Waals surface area (Å²) in [7, 11) is -3.75. The van der Waals surface area contributed by atoms with Gasteiger partial charge in [-0.15, -0.1) is 0 Å². The van der Waals surface area contributed by atoms with E-state index in [0.29, 0.717) is 24.7 Å². The van der Waals surface area contributed by atoms with Gasteiger partial charge in [-0.2, -0.15) is 4.31 Å². The molecule has 1 saturated heterocycles. The highest BCUT2D eigenvalue weighted by Crippen LogP contribution is 2.25. The summed E-state index contributed by atoms with van der Waals surface area (Å²) < 4.78 is 38.0. The van der Waals surface area contributed by atoms with Gasteiger partial charge in [-0.25, -0.2) is 13.2 Å². The summed E-state index contributed by atoms with van der Waals surface area (Å²) in [6.07, 6.45) is 3.27. The number of hydrogen-bond acceptors (Lipinski definition) is 6. The van der Waals surface area contributed by atoms with Gasteiger partial charge < -0.3 is 14.8 Å². The summed E-state index contributed by atoms with van der Waals surface area (Å²) in [5.74, 6) is -0.663. The second-order valence-corrected chi connectivity index (χ2v) is 10.3. The van der Waals surface area contributed by atoms with Crippen LogP contribution in [-0.4, -0.2) is 63.0 Å². The van der Waals surface area contributed by atoms with Gasteiger partial charge in [0.2, 0.25) is 10.0 Å². The van der Waals surface area contributed by atoms with Gasteiger partial charge in [-0.1, -0.05) is 25.8 Å². The lowest BCUT2D eigenvalue weighted by atomic mass is 9.86. The van der Waals surface area contributed by atoms with Crippen molar-refractivity contribution in [2.45, 2.75) is 63.5 Å². The zero-order valence-corrected chi connectivity index (χ0v) is 19.2. The molecule has 1 aliphatic heterocycles. The van der Waals surface area contributed by atoms with Crippen molar-refractivity contribution in [2.75, 3.05) is 26.3 Å². The Bertz CT molecular complexity index is 911. The van der Waals surface area contributed by atoms with Crippen molar-refractivity contribution >= 4 is 21.9 Å². The number of carbonyl (C=O) groups excluding carboxylic acids is 2. The summed E-state index contributed by atoms with van der Waals surface area (Å²) in [6.45, 7) is 6.55. The molecule has 1 aromatic carbocycles. The van der Waals surface area contributed by atoms with Gasteiger partial charge >= 0.3 is 5.97 Å². The van der Waals surface area contributed by atoms with Crippen molar-refractivity contribution in [1.82, 2.24) is 9.62 Å². The van der Waals surface area contributed by atoms with Crippen molar-refractivity contribution in [3.63, 3.8) is 0 Å². The summed E-state index contributed by atoms with van der Waals surface area (Å²) in [5.41, 5.74) is 0.642. The molecule has 1 aromatic rings. The van der Waals surface area contributed by atoms with E-state index in [1.165, 1.54) is 29.8 Å². The first-order valence-corrected chi connectivity index (χ1v) is 12.3. The van der Waals surface area contributed by atoms with Crippen LogP contribution in [0, 0.1) is 12.8 Å². The predicted molar refractivity (Wildman–Crippen MR) is 115 cm³/mol. The van der Waals surface area contributed by atoms with Gasteiger partial charge in [0.25, 0.3) is 5.91 Å². The number of hydrogen-bond donors (Lipinski definition) is 1. The number of carbonyl (C=O) groups is 2. The zero-order valence-electron chi connectivity index (χ0n) is 18.4. The summed E-state index contributed by atoms with van der Waals surface area (Å²) in [6, 6.07) is 4.52.